The second-order valence-corrected chi connectivity index (χ2v) is 9.57. The summed E-state index contributed by atoms with van der Waals surface area (Å²) >= 11 is 9.78. The molecule has 0 N–H and O–H groups in total. The summed E-state index contributed by atoms with van der Waals surface area (Å²) in [6.45, 7) is 0.336. The van der Waals surface area contributed by atoms with Gasteiger partial charge >= 0.3 is 0 Å². The Bertz CT molecular complexity index is 1040. The van der Waals surface area contributed by atoms with Crippen LogP contribution in [0.1, 0.15) is 15.4 Å². The number of amides is 1. The second kappa shape index (κ2) is 7.03. The van der Waals surface area contributed by atoms with Crippen molar-refractivity contribution in [2.45, 2.75) is 6.54 Å². The fraction of sp³-hybridized carbons (Fsp3) is 0.0588. The summed E-state index contributed by atoms with van der Waals surface area (Å²) in [4.78, 5) is 20.0. The lowest BCUT2D eigenvalue weighted by molar-refractivity contribution is 0.0987. The van der Waals surface area contributed by atoms with Crippen molar-refractivity contribution in [1.29, 1.82) is 0 Å². The molecule has 0 aliphatic carbocycles. The number of rotatable bonds is 4. The molecule has 4 rings (SSSR count). The first kappa shape index (κ1) is 17.0. The molecule has 0 unspecified atom stereocenters. The van der Waals surface area contributed by atoms with Crippen LogP contribution in [-0.2, 0) is 6.54 Å². The third kappa shape index (κ3) is 3.57. The minimum atomic E-state index is -0.0924. The highest BCUT2D eigenvalue weighted by molar-refractivity contribution is 9.11. The van der Waals surface area contributed by atoms with Crippen LogP contribution < -0.4 is 4.90 Å². The molecule has 25 heavy (non-hydrogen) atoms. The van der Waals surface area contributed by atoms with E-state index in [1.165, 1.54) is 22.7 Å². The normalized spacial score (nSPS) is 11.1. The van der Waals surface area contributed by atoms with Gasteiger partial charge in [0.05, 0.1) is 31.7 Å². The number of carbonyl (C=O) groups excluding carboxylic acids is 1. The third-order valence-corrected chi connectivity index (χ3v) is 6.64. The lowest BCUT2D eigenvalue weighted by Crippen LogP contribution is -2.29. The van der Waals surface area contributed by atoms with E-state index in [-0.39, 0.29) is 5.91 Å². The fourth-order valence-corrected chi connectivity index (χ4v) is 5.20. The lowest BCUT2D eigenvalue weighted by atomic mass is 10.3. The van der Waals surface area contributed by atoms with Crippen molar-refractivity contribution in [2.24, 2.45) is 0 Å². The van der Waals surface area contributed by atoms with Gasteiger partial charge in [-0.05, 0) is 58.4 Å². The summed E-state index contributed by atoms with van der Waals surface area (Å²) < 4.78 is 8.37. The molecule has 0 aliphatic heterocycles. The number of carbonyl (C=O) groups is 1. The van der Waals surface area contributed by atoms with Crippen LogP contribution in [0, 0.1) is 0 Å². The van der Waals surface area contributed by atoms with E-state index in [1.54, 1.807) is 11.2 Å². The first-order valence-corrected chi connectivity index (χ1v) is 10.5. The van der Waals surface area contributed by atoms with Gasteiger partial charge in [-0.25, -0.2) is 4.98 Å². The number of hydrogen-bond donors (Lipinski definition) is 0. The smallest absolute Gasteiger partial charge is 0.270 e. The number of anilines is 1. The van der Waals surface area contributed by atoms with Gasteiger partial charge in [0, 0.05) is 4.47 Å². The molecule has 0 spiro atoms. The van der Waals surface area contributed by atoms with Crippen molar-refractivity contribution < 1.29 is 9.21 Å². The van der Waals surface area contributed by atoms with Gasteiger partial charge in [-0.1, -0.05) is 27.3 Å². The minimum Gasteiger partial charge on any atom is -0.467 e. The van der Waals surface area contributed by atoms with Crippen LogP contribution in [0.3, 0.4) is 0 Å². The minimum absolute atomic E-state index is 0.0924. The summed E-state index contributed by atoms with van der Waals surface area (Å²) in [6, 6.07) is 13.3. The Hall–Kier alpha value is -1.48. The van der Waals surface area contributed by atoms with E-state index in [0.717, 1.165) is 18.5 Å². The summed E-state index contributed by atoms with van der Waals surface area (Å²) in [5.41, 5.74) is 0.868. The quantitative estimate of drug-likeness (QED) is 0.331. The van der Waals surface area contributed by atoms with Crippen molar-refractivity contribution in [3.05, 3.63) is 67.6 Å². The van der Waals surface area contributed by atoms with E-state index in [0.29, 0.717) is 22.3 Å². The molecular weight excluding hydrogens is 488 g/mol. The van der Waals surface area contributed by atoms with Crippen molar-refractivity contribution in [3.8, 4) is 0 Å². The zero-order valence-corrected chi connectivity index (χ0v) is 17.4. The van der Waals surface area contributed by atoms with E-state index in [4.69, 9.17) is 4.42 Å². The molecule has 0 radical (unpaired) electrons. The number of halogens is 2. The van der Waals surface area contributed by atoms with Crippen molar-refractivity contribution in [1.82, 2.24) is 4.98 Å². The molecule has 1 aromatic carbocycles. The van der Waals surface area contributed by atoms with E-state index in [2.05, 4.69) is 36.8 Å². The third-order valence-electron chi connectivity index (χ3n) is 3.49. The number of fused-ring (bicyclic) bond motifs is 1. The Labute approximate surface area is 168 Å². The van der Waals surface area contributed by atoms with Gasteiger partial charge in [-0.3, -0.25) is 9.69 Å². The Balaban J connectivity index is 1.76. The molecule has 0 fully saturated rings. The van der Waals surface area contributed by atoms with E-state index >= 15 is 0 Å². The zero-order valence-electron chi connectivity index (χ0n) is 12.6. The number of nitrogens with zero attached hydrogens (tertiary/aromatic N) is 2. The van der Waals surface area contributed by atoms with E-state index in [1.807, 2.05) is 42.5 Å². The van der Waals surface area contributed by atoms with Crippen molar-refractivity contribution in [2.75, 3.05) is 4.90 Å². The molecule has 0 bridgehead atoms. The fourth-order valence-electron chi connectivity index (χ4n) is 2.35. The Kier molecular flexibility index (Phi) is 4.77. The van der Waals surface area contributed by atoms with Gasteiger partial charge in [-0.15, -0.1) is 11.3 Å². The van der Waals surface area contributed by atoms with Gasteiger partial charge in [0.15, 0.2) is 5.13 Å². The van der Waals surface area contributed by atoms with Crippen LogP contribution in [-0.4, -0.2) is 10.9 Å². The summed E-state index contributed by atoms with van der Waals surface area (Å²) in [7, 11) is 0. The average Bonchev–Trinajstić information content (AvgIpc) is 3.31. The van der Waals surface area contributed by atoms with Gasteiger partial charge in [0.1, 0.15) is 5.76 Å². The maximum atomic E-state index is 13.1. The molecule has 0 saturated heterocycles. The molecule has 0 aliphatic rings. The van der Waals surface area contributed by atoms with Gasteiger partial charge < -0.3 is 4.42 Å². The number of benzene rings is 1. The highest BCUT2D eigenvalue weighted by Crippen LogP contribution is 2.33. The number of aromatic nitrogens is 1. The van der Waals surface area contributed by atoms with Gasteiger partial charge in [0.25, 0.3) is 5.91 Å². The molecule has 1 amide bonds. The average molecular weight is 498 g/mol. The number of furan rings is 1. The molecule has 3 aromatic heterocycles. The Morgan fingerprint density at radius 1 is 1.16 bits per heavy atom. The Morgan fingerprint density at radius 3 is 2.76 bits per heavy atom. The molecular formula is C17H10Br2N2O2S2. The number of thiophene rings is 1. The van der Waals surface area contributed by atoms with Gasteiger partial charge in [-0.2, -0.15) is 0 Å². The monoisotopic (exact) mass is 496 g/mol. The molecule has 4 aromatic rings. The van der Waals surface area contributed by atoms with Crippen molar-refractivity contribution in [3.63, 3.8) is 0 Å². The lowest BCUT2D eigenvalue weighted by Gasteiger charge is -2.17. The van der Waals surface area contributed by atoms with E-state index in [9.17, 15) is 4.79 Å². The van der Waals surface area contributed by atoms with Crippen LogP contribution in [0.5, 0.6) is 0 Å². The standard InChI is InChI=1S/C17H10Br2N2O2S2/c18-10-3-4-12-14(8-10)25-17(20-12)21(9-11-2-1-7-23-11)16(22)13-5-6-15(19)24-13/h1-8H,9H2. The predicted molar refractivity (Wildman–Crippen MR) is 109 cm³/mol. The topological polar surface area (TPSA) is 46.3 Å². The molecule has 8 heteroatoms. The zero-order chi connectivity index (χ0) is 17.4. The molecule has 126 valence electrons. The summed E-state index contributed by atoms with van der Waals surface area (Å²) in [5.74, 6) is 0.620. The highest BCUT2D eigenvalue weighted by atomic mass is 79.9. The van der Waals surface area contributed by atoms with Gasteiger partial charge in [0.2, 0.25) is 0 Å². The van der Waals surface area contributed by atoms with E-state index < -0.39 is 0 Å². The van der Waals surface area contributed by atoms with Crippen LogP contribution in [0.25, 0.3) is 10.2 Å². The number of thiazole rings is 1. The van der Waals surface area contributed by atoms with Crippen LogP contribution in [0.15, 0.2) is 61.4 Å². The summed E-state index contributed by atoms with van der Waals surface area (Å²) in [5, 5.41) is 0.652. The van der Waals surface area contributed by atoms with Crippen molar-refractivity contribution >= 4 is 75.8 Å². The maximum Gasteiger partial charge on any atom is 0.270 e. The summed E-state index contributed by atoms with van der Waals surface area (Å²) in [6.07, 6.45) is 1.61. The molecule has 0 atom stereocenters. The van der Waals surface area contributed by atoms with Crippen LogP contribution in [0.4, 0.5) is 5.13 Å². The second-order valence-electron chi connectivity index (χ2n) is 5.18. The molecule has 4 nitrogen and oxygen atoms in total. The Morgan fingerprint density at radius 2 is 2.04 bits per heavy atom. The largest absolute Gasteiger partial charge is 0.467 e. The first-order chi connectivity index (χ1) is 12.1. The highest BCUT2D eigenvalue weighted by Gasteiger charge is 2.24. The van der Waals surface area contributed by atoms with Crippen LogP contribution in [0.2, 0.25) is 0 Å². The van der Waals surface area contributed by atoms with Crippen LogP contribution >= 0.6 is 54.5 Å². The molecule has 3 heterocycles. The maximum absolute atomic E-state index is 13.1. The first-order valence-electron chi connectivity index (χ1n) is 7.26. The number of hydrogen-bond acceptors (Lipinski definition) is 5. The predicted octanol–water partition coefficient (Wildman–Crippen LogP) is 6.32. The molecule has 0 saturated carbocycles. The SMILES string of the molecule is O=C(c1ccc(Br)s1)N(Cc1ccco1)c1nc2ccc(Br)cc2s1.